The Kier molecular flexibility index (Phi) is 4.07. The van der Waals surface area contributed by atoms with Gasteiger partial charge in [-0.25, -0.2) is 4.98 Å². The van der Waals surface area contributed by atoms with E-state index in [4.69, 9.17) is 0 Å². The summed E-state index contributed by atoms with van der Waals surface area (Å²) >= 11 is 1.37. The van der Waals surface area contributed by atoms with Gasteiger partial charge in [-0.1, -0.05) is 29.0 Å². The monoisotopic (exact) mass is 381 g/mol. The Morgan fingerprint density at radius 1 is 1.19 bits per heavy atom. The fourth-order valence-corrected chi connectivity index (χ4v) is 3.99. The van der Waals surface area contributed by atoms with Gasteiger partial charge in [-0.15, -0.1) is 0 Å². The second-order valence-corrected chi connectivity index (χ2v) is 7.86. The summed E-state index contributed by atoms with van der Waals surface area (Å²) in [5.41, 5.74) is 4.43. The van der Waals surface area contributed by atoms with Gasteiger partial charge in [-0.3, -0.25) is 9.59 Å². The smallest absolute Gasteiger partial charge is 0.299 e. The molecule has 0 spiro atoms. The fourth-order valence-electron chi connectivity index (χ4n) is 3.25. The lowest BCUT2D eigenvalue weighted by Crippen LogP contribution is -2.24. The molecule has 0 aliphatic carbocycles. The van der Waals surface area contributed by atoms with Crippen LogP contribution in [0.4, 0.5) is 5.69 Å². The minimum Gasteiger partial charge on any atom is -0.330 e. The van der Waals surface area contributed by atoms with Crippen LogP contribution in [0.25, 0.3) is 16.0 Å². The Hall–Kier alpha value is -3.00. The van der Waals surface area contributed by atoms with Crippen LogP contribution in [-0.2, 0) is 11.3 Å². The molecule has 0 aliphatic rings. The van der Waals surface area contributed by atoms with Crippen LogP contribution in [0.3, 0.4) is 0 Å². The van der Waals surface area contributed by atoms with E-state index in [-0.39, 0.29) is 18.0 Å². The lowest BCUT2D eigenvalue weighted by Gasteiger charge is -2.11. The Morgan fingerprint density at radius 3 is 2.70 bits per heavy atom. The van der Waals surface area contributed by atoms with E-state index in [1.807, 2.05) is 52.0 Å². The number of fused-ring (bicyclic) bond motifs is 2. The van der Waals surface area contributed by atoms with Crippen LogP contribution in [0, 0.1) is 27.7 Å². The topological polar surface area (TPSA) is 81.3 Å². The number of hydrogen-bond donors (Lipinski definition) is 1. The third-order valence-electron chi connectivity index (χ3n) is 4.51. The number of carbonyl (C=O) groups excluding carboxylic acids is 1. The molecular formula is C19H19N5O2S. The third kappa shape index (κ3) is 3.02. The van der Waals surface area contributed by atoms with E-state index in [9.17, 15) is 9.59 Å². The van der Waals surface area contributed by atoms with Crippen LogP contribution < -0.4 is 10.9 Å². The zero-order chi connectivity index (χ0) is 19.3. The summed E-state index contributed by atoms with van der Waals surface area (Å²) in [4.78, 5) is 30.6. The maximum absolute atomic E-state index is 12.9. The molecule has 138 valence electrons. The molecule has 0 fully saturated rings. The van der Waals surface area contributed by atoms with Gasteiger partial charge in [0, 0.05) is 11.4 Å². The molecule has 8 heteroatoms. The zero-order valence-electron chi connectivity index (χ0n) is 15.5. The Balaban J connectivity index is 1.72. The van der Waals surface area contributed by atoms with Gasteiger partial charge >= 0.3 is 0 Å². The molecule has 0 atom stereocenters. The molecule has 27 heavy (non-hydrogen) atoms. The van der Waals surface area contributed by atoms with E-state index < -0.39 is 0 Å². The van der Waals surface area contributed by atoms with Crippen molar-refractivity contribution < 1.29 is 4.79 Å². The van der Waals surface area contributed by atoms with Crippen molar-refractivity contribution in [2.45, 2.75) is 34.2 Å². The summed E-state index contributed by atoms with van der Waals surface area (Å²) < 4.78 is 3.00. The molecule has 4 aromatic rings. The first-order valence-electron chi connectivity index (χ1n) is 8.57. The van der Waals surface area contributed by atoms with Crippen molar-refractivity contribution in [3.8, 4) is 0 Å². The minimum atomic E-state index is -0.258. The maximum Gasteiger partial charge on any atom is 0.299 e. The summed E-state index contributed by atoms with van der Waals surface area (Å²) in [5, 5.41) is 7.92. The predicted octanol–water partition coefficient (Wildman–Crippen LogP) is 2.98. The van der Waals surface area contributed by atoms with E-state index in [2.05, 4.69) is 15.4 Å². The zero-order valence-corrected chi connectivity index (χ0v) is 16.3. The molecule has 7 nitrogen and oxygen atoms in total. The van der Waals surface area contributed by atoms with Crippen LogP contribution >= 0.6 is 11.3 Å². The van der Waals surface area contributed by atoms with Crippen molar-refractivity contribution in [3.63, 3.8) is 0 Å². The van der Waals surface area contributed by atoms with Crippen LogP contribution in [0.1, 0.15) is 21.8 Å². The van der Waals surface area contributed by atoms with Crippen molar-refractivity contribution in [2.24, 2.45) is 0 Å². The first-order valence-corrected chi connectivity index (χ1v) is 9.38. The van der Waals surface area contributed by atoms with Crippen molar-refractivity contribution in [1.29, 1.82) is 0 Å². The number of benzene rings is 1. The van der Waals surface area contributed by atoms with Gasteiger partial charge in [0.1, 0.15) is 17.1 Å². The molecule has 3 aromatic heterocycles. The number of rotatable bonds is 3. The van der Waals surface area contributed by atoms with E-state index in [0.29, 0.717) is 16.0 Å². The van der Waals surface area contributed by atoms with Crippen molar-refractivity contribution >= 4 is 38.9 Å². The molecule has 0 saturated heterocycles. The van der Waals surface area contributed by atoms with Crippen molar-refractivity contribution in [1.82, 2.24) is 19.2 Å². The summed E-state index contributed by atoms with van der Waals surface area (Å²) in [5.74, 6) is -0.193. The number of hydrogen-bond acceptors (Lipinski definition) is 5. The van der Waals surface area contributed by atoms with Gasteiger partial charge in [0.15, 0.2) is 0 Å². The highest BCUT2D eigenvalue weighted by molar-refractivity contribution is 7.16. The Bertz CT molecular complexity index is 1260. The highest BCUT2D eigenvalue weighted by atomic mass is 32.1. The number of nitrogens with one attached hydrogen (secondary N) is 1. The maximum atomic E-state index is 12.9. The molecule has 1 N–H and O–H groups in total. The average molecular weight is 381 g/mol. The summed E-state index contributed by atoms with van der Waals surface area (Å²) in [6.45, 7) is 7.70. The number of nitrogens with zero attached hydrogens (tertiary/aromatic N) is 4. The molecular weight excluding hydrogens is 362 g/mol. The first-order chi connectivity index (χ1) is 12.8. The fraction of sp³-hybridized carbons (Fsp3) is 0.263. The van der Waals surface area contributed by atoms with Gasteiger partial charge in [0.2, 0.25) is 10.9 Å². The summed E-state index contributed by atoms with van der Waals surface area (Å²) in [6.07, 6.45) is 0. The second kappa shape index (κ2) is 6.31. The summed E-state index contributed by atoms with van der Waals surface area (Å²) in [6, 6.07) is 7.69. The van der Waals surface area contributed by atoms with Crippen molar-refractivity contribution in [2.75, 3.05) is 5.32 Å². The predicted molar refractivity (Wildman–Crippen MR) is 107 cm³/mol. The lowest BCUT2D eigenvalue weighted by atomic mass is 10.1. The normalized spacial score (nSPS) is 11.4. The molecule has 0 saturated carbocycles. The van der Waals surface area contributed by atoms with Gasteiger partial charge in [-0.2, -0.15) is 9.61 Å². The van der Waals surface area contributed by atoms with E-state index in [1.54, 1.807) is 4.57 Å². The minimum absolute atomic E-state index is 0.0365. The molecule has 0 bridgehead atoms. The molecule has 0 unspecified atom stereocenters. The Morgan fingerprint density at radius 2 is 1.96 bits per heavy atom. The molecule has 0 radical (unpaired) electrons. The van der Waals surface area contributed by atoms with Crippen molar-refractivity contribution in [3.05, 3.63) is 56.4 Å². The van der Waals surface area contributed by atoms with Crippen LogP contribution in [-0.4, -0.2) is 25.1 Å². The van der Waals surface area contributed by atoms with Crippen LogP contribution in [0.15, 0.2) is 29.1 Å². The molecule has 3 heterocycles. The standard InChI is InChI=1S/C19H19N5O2S/c1-10-5-6-14(11(2)7-10)20-16(25)9-23-12(3)8-15-17(23)18(26)24-19(21-15)27-13(4)22-24/h5-8H,9H2,1-4H3,(H,20,25). The molecule has 1 aromatic carbocycles. The molecule has 1 amide bonds. The SMILES string of the molecule is Cc1ccc(NC(=O)Cn2c(C)cc3nc4sc(C)nn4c(=O)c32)c(C)c1. The number of aromatic nitrogens is 4. The summed E-state index contributed by atoms with van der Waals surface area (Å²) in [7, 11) is 0. The molecule has 4 rings (SSSR count). The molecule has 0 aliphatic heterocycles. The number of aryl methyl sites for hydroxylation is 4. The third-order valence-corrected chi connectivity index (χ3v) is 5.34. The largest absolute Gasteiger partial charge is 0.330 e. The number of carbonyl (C=O) groups is 1. The van der Waals surface area contributed by atoms with Crippen LogP contribution in [0.5, 0.6) is 0 Å². The van der Waals surface area contributed by atoms with E-state index in [0.717, 1.165) is 27.5 Å². The second-order valence-electron chi connectivity index (χ2n) is 6.70. The highest BCUT2D eigenvalue weighted by Crippen LogP contribution is 2.19. The van der Waals surface area contributed by atoms with Crippen LogP contribution in [0.2, 0.25) is 0 Å². The van der Waals surface area contributed by atoms with Gasteiger partial charge in [0.05, 0.1) is 5.52 Å². The lowest BCUT2D eigenvalue weighted by molar-refractivity contribution is -0.116. The highest BCUT2D eigenvalue weighted by Gasteiger charge is 2.17. The van der Waals surface area contributed by atoms with E-state index in [1.165, 1.54) is 15.9 Å². The Labute approximate surface area is 159 Å². The quantitative estimate of drug-likeness (QED) is 0.592. The number of amides is 1. The first kappa shape index (κ1) is 17.4. The van der Waals surface area contributed by atoms with E-state index >= 15 is 0 Å². The van der Waals surface area contributed by atoms with Gasteiger partial charge in [0.25, 0.3) is 5.56 Å². The average Bonchev–Trinajstić information content (AvgIpc) is 3.10. The number of anilines is 1. The van der Waals surface area contributed by atoms with Gasteiger partial charge in [-0.05, 0) is 45.4 Å². The van der Waals surface area contributed by atoms with Gasteiger partial charge < -0.3 is 9.88 Å².